The van der Waals surface area contributed by atoms with Crippen LogP contribution in [0.4, 0.5) is 10.1 Å². The molecule has 0 aliphatic heterocycles. The minimum Gasteiger partial charge on any atom is -0.483 e. The Hall–Kier alpha value is -2.36. The molecule has 0 aromatic heterocycles. The molecule has 2 aromatic carbocycles. The summed E-state index contributed by atoms with van der Waals surface area (Å²) in [5, 5.41) is 2.68. The molecule has 122 valence electrons. The number of carbonyl (C=O) groups is 1. The van der Waals surface area contributed by atoms with Crippen LogP contribution in [-0.4, -0.2) is 12.5 Å². The van der Waals surface area contributed by atoms with E-state index in [1.54, 1.807) is 6.07 Å². The van der Waals surface area contributed by atoms with E-state index in [4.69, 9.17) is 4.74 Å². The van der Waals surface area contributed by atoms with E-state index >= 15 is 0 Å². The highest BCUT2D eigenvalue weighted by Gasteiger charge is 2.11. The van der Waals surface area contributed by atoms with Crippen LogP contribution in [0, 0.1) is 19.7 Å². The molecule has 3 nitrogen and oxygen atoms in total. The fourth-order valence-electron chi connectivity index (χ4n) is 2.30. The molecule has 2 aromatic rings. The number of benzene rings is 2. The fraction of sp³-hybridized carbons (Fsp3) is 0.316. The fourth-order valence-corrected chi connectivity index (χ4v) is 2.30. The number of hydrogen-bond acceptors (Lipinski definition) is 2. The van der Waals surface area contributed by atoms with Crippen molar-refractivity contribution in [2.75, 3.05) is 11.9 Å². The molecule has 1 amide bonds. The summed E-state index contributed by atoms with van der Waals surface area (Å²) in [5.41, 5.74) is 3.40. The van der Waals surface area contributed by atoms with E-state index in [1.165, 1.54) is 12.1 Å². The first kappa shape index (κ1) is 17.0. The van der Waals surface area contributed by atoms with Crippen LogP contribution >= 0.6 is 0 Å². The number of halogens is 1. The van der Waals surface area contributed by atoms with Crippen molar-refractivity contribution in [2.45, 2.75) is 33.6 Å². The summed E-state index contributed by atoms with van der Waals surface area (Å²) in [6.45, 7) is 7.83. The van der Waals surface area contributed by atoms with E-state index in [1.807, 2.05) is 32.0 Å². The summed E-state index contributed by atoms with van der Waals surface area (Å²) in [5.74, 6) is 0.327. The Morgan fingerprint density at radius 1 is 1.17 bits per heavy atom. The van der Waals surface area contributed by atoms with Crippen molar-refractivity contribution in [1.29, 1.82) is 0 Å². The maximum atomic E-state index is 13.3. The first-order valence-corrected chi connectivity index (χ1v) is 7.66. The van der Waals surface area contributed by atoms with Gasteiger partial charge in [0, 0.05) is 5.69 Å². The monoisotopic (exact) mass is 315 g/mol. The van der Waals surface area contributed by atoms with Gasteiger partial charge in [-0.3, -0.25) is 4.79 Å². The number of ether oxygens (including phenoxy) is 1. The Balaban J connectivity index is 2.05. The summed E-state index contributed by atoms with van der Waals surface area (Å²) >= 11 is 0. The zero-order valence-corrected chi connectivity index (χ0v) is 13.9. The smallest absolute Gasteiger partial charge is 0.262 e. The van der Waals surface area contributed by atoms with Gasteiger partial charge >= 0.3 is 0 Å². The van der Waals surface area contributed by atoms with Gasteiger partial charge in [-0.05, 0) is 54.7 Å². The van der Waals surface area contributed by atoms with Gasteiger partial charge in [-0.25, -0.2) is 4.39 Å². The van der Waals surface area contributed by atoms with Crippen LogP contribution in [0.1, 0.15) is 36.5 Å². The zero-order chi connectivity index (χ0) is 17.0. The van der Waals surface area contributed by atoms with E-state index in [0.717, 1.165) is 16.7 Å². The Morgan fingerprint density at radius 3 is 2.61 bits per heavy atom. The standard InChI is InChI=1S/C19H22FNO2/c1-12(2)16-8-5-13(3)9-18(16)23-11-19(22)21-17-10-15(20)7-6-14(17)4/h5-10,12H,11H2,1-4H3,(H,21,22). The van der Waals surface area contributed by atoms with Gasteiger partial charge in [-0.1, -0.05) is 32.0 Å². The minimum absolute atomic E-state index is 0.112. The third kappa shape index (κ3) is 4.55. The van der Waals surface area contributed by atoms with Crippen LogP contribution in [0.3, 0.4) is 0 Å². The molecule has 0 aliphatic rings. The maximum Gasteiger partial charge on any atom is 0.262 e. The average molecular weight is 315 g/mol. The molecular weight excluding hydrogens is 293 g/mol. The van der Waals surface area contributed by atoms with E-state index in [-0.39, 0.29) is 18.3 Å². The topological polar surface area (TPSA) is 38.3 Å². The van der Waals surface area contributed by atoms with Crippen LogP contribution in [0.15, 0.2) is 36.4 Å². The molecule has 0 aliphatic carbocycles. The predicted octanol–water partition coefficient (Wildman–Crippen LogP) is 4.58. The predicted molar refractivity (Wildman–Crippen MR) is 90.5 cm³/mol. The van der Waals surface area contributed by atoms with Gasteiger partial charge in [0.2, 0.25) is 0 Å². The molecule has 0 saturated heterocycles. The lowest BCUT2D eigenvalue weighted by Crippen LogP contribution is -2.21. The Kier molecular flexibility index (Phi) is 5.37. The zero-order valence-electron chi connectivity index (χ0n) is 13.9. The van der Waals surface area contributed by atoms with E-state index in [9.17, 15) is 9.18 Å². The molecule has 0 unspecified atom stereocenters. The van der Waals surface area contributed by atoms with Crippen molar-refractivity contribution < 1.29 is 13.9 Å². The number of rotatable bonds is 5. The van der Waals surface area contributed by atoms with Crippen LogP contribution in [0.5, 0.6) is 5.75 Å². The lowest BCUT2D eigenvalue weighted by molar-refractivity contribution is -0.118. The number of nitrogens with one attached hydrogen (secondary N) is 1. The van der Waals surface area contributed by atoms with Crippen LogP contribution in [-0.2, 0) is 4.79 Å². The van der Waals surface area contributed by atoms with Crippen LogP contribution in [0.2, 0.25) is 0 Å². The second-order valence-corrected chi connectivity index (χ2v) is 5.99. The largest absolute Gasteiger partial charge is 0.483 e. The quantitative estimate of drug-likeness (QED) is 0.877. The second-order valence-electron chi connectivity index (χ2n) is 5.99. The Morgan fingerprint density at radius 2 is 1.91 bits per heavy atom. The molecule has 2 rings (SSSR count). The molecule has 0 atom stereocenters. The molecule has 0 saturated carbocycles. The number of anilines is 1. The van der Waals surface area contributed by atoms with Crippen molar-refractivity contribution >= 4 is 11.6 Å². The number of hydrogen-bond donors (Lipinski definition) is 1. The Bertz CT molecular complexity index is 711. The molecule has 0 fully saturated rings. The van der Waals surface area contributed by atoms with Crippen molar-refractivity contribution in [3.8, 4) is 5.75 Å². The average Bonchev–Trinajstić information content (AvgIpc) is 2.48. The molecule has 0 spiro atoms. The highest BCUT2D eigenvalue weighted by molar-refractivity contribution is 5.92. The molecule has 0 heterocycles. The molecule has 23 heavy (non-hydrogen) atoms. The van der Waals surface area contributed by atoms with Crippen molar-refractivity contribution in [3.05, 3.63) is 58.9 Å². The lowest BCUT2D eigenvalue weighted by Gasteiger charge is -2.15. The van der Waals surface area contributed by atoms with Crippen LogP contribution in [0.25, 0.3) is 0 Å². The number of aryl methyl sites for hydroxylation is 2. The van der Waals surface area contributed by atoms with E-state index in [2.05, 4.69) is 19.2 Å². The molecule has 4 heteroatoms. The third-order valence-electron chi connectivity index (χ3n) is 3.62. The molecule has 1 N–H and O–H groups in total. The number of amides is 1. The highest BCUT2D eigenvalue weighted by Crippen LogP contribution is 2.27. The highest BCUT2D eigenvalue weighted by atomic mass is 19.1. The van der Waals surface area contributed by atoms with E-state index < -0.39 is 0 Å². The maximum absolute atomic E-state index is 13.3. The van der Waals surface area contributed by atoms with Crippen LogP contribution < -0.4 is 10.1 Å². The Labute approximate surface area is 136 Å². The summed E-state index contributed by atoms with van der Waals surface area (Å²) in [7, 11) is 0. The minimum atomic E-state index is -0.382. The van der Waals surface area contributed by atoms with Gasteiger partial charge in [-0.2, -0.15) is 0 Å². The van der Waals surface area contributed by atoms with Gasteiger partial charge in [0.25, 0.3) is 5.91 Å². The van der Waals surface area contributed by atoms with Gasteiger partial charge in [0.05, 0.1) is 0 Å². The molecular formula is C19H22FNO2. The van der Waals surface area contributed by atoms with Gasteiger partial charge in [0.15, 0.2) is 6.61 Å². The lowest BCUT2D eigenvalue weighted by atomic mass is 10.0. The van der Waals surface area contributed by atoms with Crippen molar-refractivity contribution in [2.24, 2.45) is 0 Å². The third-order valence-corrected chi connectivity index (χ3v) is 3.62. The van der Waals surface area contributed by atoms with Crippen molar-refractivity contribution in [3.63, 3.8) is 0 Å². The second kappa shape index (κ2) is 7.27. The van der Waals surface area contributed by atoms with Gasteiger partial charge in [-0.15, -0.1) is 0 Å². The summed E-state index contributed by atoms with van der Waals surface area (Å²) < 4.78 is 18.9. The van der Waals surface area contributed by atoms with Gasteiger partial charge in [0.1, 0.15) is 11.6 Å². The first-order chi connectivity index (χ1) is 10.9. The normalized spacial score (nSPS) is 10.7. The van der Waals surface area contributed by atoms with E-state index in [0.29, 0.717) is 17.4 Å². The summed E-state index contributed by atoms with van der Waals surface area (Å²) in [6, 6.07) is 10.3. The number of carbonyl (C=O) groups excluding carboxylic acids is 1. The molecule has 0 radical (unpaired) electrons. The first-order valence-electron chi connectivity index (χ1n) is 7.66. The van der Waals surface area contributed by atoms with Gasteiger partial charge < -0.3 is 10.1 Å². The molecule has 0 bridgehead atoms. The SMILES string of the molecule is Cc1ccc(C(C)C)c(OCC(=O)Nc2cc(F)ccc2C)c1. The van der Waals surface area contributed by atoms with Crippen molar-refractivity contribution in [1.82, 2.24) is 0 Å². The summed E-state index contributed by atoms with van der Waals surface area (Å²) in [4.78, 5) is 12.1. The summed E-state index contributed by atoms with van der Waals surface area (Å²) in [6.07, 6.45) is 0.